The van der Waals surface area contributed by atoms with Crippen molar-refractivity contribution in [3.63, 3.8) is 0 Å². The van der Waals surface area contributed by atoms with E-state index in [1.165, 1.54) is 4.88 Å². The third kappa shape index (κ3) is 5.12. The first-order valence-electron chi connectivity index (χ1n) is 10.7. The summed E-state index contributed by atoms with van der Waals surface area (Å²) in [6, 6.07) is 7.52. The van der Waals surface area contributed by atoms with Crippen molar-refractivity contribution in [3.05, 3.63) is 51.4 Å². The van der Waals surface area contributed by atoms with Crippen LogP contribution in [0.2, 0.25) is 0 Å². The lowest BCUT2D eigenvalue weighted by Gasteiger charge is -2.34. The molecule has 3 rings (SSSR count). The summed E-state index contributed by atoms with van der Waals surface area (Å²) in [7, 11) is 0. The van der Waals surface area contributed by atoms with E-state index in [0.717, 1.165) is 30.4 Å². The number of fused-ring (bicyclic) bond motifs is 1. The van der Waals surface area contributed by atoms with E-state index in [1.54, 1.807) is 17.4 Å². The summed E-state index contributed by atoms with van der Waals surface area (Å²) in [4.78, 5) is 27.4. The van der Waals surface area contributed by atoms with Crippen LogP contribution >= 0.6 is 11.3 Å². The van der Waals surface area contributed by atoms with Gasteiger partial charge in [-0.2, -0.15) is 0 Å². The van der Waals surface area contributed by atoms with Gasteiger partial charge in [0.2, 0.25) is 0 Å². The van der Waals surface area contributed by atoms with Crippen LogP contribution in [0.25, 0.3) is 0 Å². The molecule has 0 spiro atoms. The first-order chi connectivity index (χ1) is 13.8. The lowest BCUT2D eigenvalue weighted by molar-refractivity contribution is 0.0919. The molecule has 1 atom stereocenters. The van der Waals surface area contributed by atoms with Gasteiger partial charge in [0.15, 0.2) is 0 Å². The van der Waals surface area contributed by atoms with Gasteiger partial charge in [0.05, 0.1) is 5.56 Å². The average molecular weight is 427 g/mol. The molecular formula is C25H34N2O2S. The zero-order chi connectivity index (χ0) is 22.3. The number of hydrogen-bond acceptors (Lipinski definition) is 3. The van der Waals surface area contributed by atoms with Crippen LogP contribution in [0, 0.1) is 18.3 Å². The number of benzene rings is 1. The second-order valence-electron chi connectivity index (χ2n) is 10.5. The number of nitrogens with one attached hydrogen (secondary N) is 2. The van der Waals surface area contributed by atoms with Crippen molar-refractivity contribution in [1.82, 2.24) is 5.32 Å². The highest BCUT2D eigenvalue weighted by Crippen LogP contribution is 2.44. The molecule has 0 unspecified atom stereocenters. The van der Waals surface area contributed by atoms with E-state index in [2.05, 4.69) is 31.4 Å². The Balaban J connectivity index is 1.98. The third-order valence-electron chi connectivity index (χ3n) is 5.71. The van der Waals surface area contributed by atoms with Gasteiger partial charge in [-0.1, -0.05) is 38.5 Å². The maximum Gasteiger partial charge on any atom is 0.256 e. The summed E-state index contributed by atoms with van der Waals surface area (Å²) in [6.45, 7) is 14.7. The van der Waals surface area contributed by atoms with Gasteiger partial charge in [-0.25, -0.2) is 0 Å². The van der Waals surface area contributed by atoms with Crippen LogP contribution in [0.4, 0.5) is 5.00 Å². The van der Waals surface area contributed by atoms with Crippen LogP contribution in [0.1, 0.15) is 84.7 Å². The number of carbonyl (C=O) groups is 2. The summed E-state index contributed by atoms with van der Waals surface area (Å²) in [5, 5.41) is 6.81. The minimum atomic E-state index is -0.341. The maximum atomic E-state index is 13.2. The van der Waals surface area contributed by atoms with E-state index in [1.807, 2.05) is 45.9 Å². The quantitative estimate of drug-likeness (QED) is 0.633. The molecule has 0 fully saturated rings. The Morgan fingerprint density at radius 3 is 2.37 bits per heavy atom. The second-order valence-corrected chi connectivity index (χ2v) is 11.6. The van der Waals surface area contributed by atoms with Crippen LogP contribution in [-0.2, 0) is 12.8 Å². The van der Waals surface area contributed by atoms with Crippen molar-refractivity contribution >= 4 is 28.2 Å². The SMILES string of the molecule is Cc1cccc(C(=O)Nc2sc3c(c2C(=O)NC(C)(C)C)CC[C@@H](C(C)(C)C)C3)c1. The second kappa shape index (κ2) is 8.18. The van der Waals surface area contributed by atoms with Gasteiger partial charge >= 0.3 is 0 Å². The summed E-state index contributed by atoms with van der Waals surface area (Å²) in [6.07, 6.45) is 2.90. The van der Waals surface area contributed by atoms with Crippen LogP contribution in [0.3, 0.4) is 0 Å². The number of aryl methyl sites for hydroxylation is 1. The molecule has 0 saturated carbocycles. The highest BCUT2D eigenvalue weighted by atomic mass is 32.1. The Labute approximate surface area is 184 Å². The van der Waals surface area contributed by atoms with Crippen molar-refractivity contribution < 1.29 is 9.59 Å². The Hall–Kier alpha value is -2.14. The highest BCUT2D eigenvalue weighted by molar-refractivity contribution is 7.17. The van der Waals surface area contributed by atoms with E-state index in [9.17, 15) is 9.59 Å². The average Bonchev–Trinajstić information content (AvgIpc) is 2.96. The number of hydrogen-bond donors (Lipinski definition) is 2. The molecule has 1 aromatic carbocycles. The first kappa shape index (κ1) is 22.5. The molecule has 5 heteroatoms. The van der Waals surface area contributed by atoms with Gasteiger partial charge in [-0.15, -0.1) is 11.3 Å². The molecule has 30 heavy (non-hydrogen) atoms. The highest BCUT2D eigenvalue weighted by Gasteiger charge is 2.34. The van der Waals surface area contributed by atoms with Crippen molar-refractivity contribution in [2.75, 3.05) is 5.32 Å². The van der Waals surface area contributed by atoms with E-state index in [-0.39, 0.29) is 22.8 Å². The summed E-state index contributed by atoms with van der Waals surface area (Å²) in [5.41, 5.74) is 3.29. The van der Waals surface area contributed by atoms with Gasteiger partial charge in [0, 0.05) is 16.0 Å². The lowest BCUT2D eigenvalue weighted by atomic mass is 9.72. The number of rotatable bonds is 3. The molecule has 1 aliphatic carbocycles. The van der Waals surface area contributed by atoms with Crippen molar-refractivity contribution in [3.8, 4) is 0 Å². The van der Waals surface area contributed by atoms with Gasteiger partial charge < -0.3 is 10.6 Å². The standard InChI is InChI=1S/C25H34N2O2S/c1-15-9-8-10-16(13-15)21(28)26-23-20(22(29)27-25(5,6)7)18-12-11-17(24(2,3)4)14-19(18)30-23/h8-10,13,17H,11-12,14H2,1-7H3,(H,26,28)(H,27,29)/t17-/m1/s1. The molecule has 1 heterocycles. The van der Waals surface area contributed by atoms with E-state index in [4.69, 9.17) is 0 Å². The predicted molar refractivity (Wildman–Crippen MR) is 126 cm³/mol. The zero-order valence-electron chi connectivity index (χ0n) is 19.2. The minimum Gasteiger partial charge on any atom is -0.347 e. The van der Waals surface area contributed by atoms with Crippen molar-refractivity contribution in [2.45, 2.75) is 73.3 Å². The van der Waals surface area contributed by atoms with Crippen LogP contribution < -0.4 is 10.6 Å². The predicted octanol–water partition coefficient (Wildman–Crippen LogP) is 5.99. The van der Waals surface area contributed by atoms with Crippen LogP contribution in [0.5, 0.6) is 0 Å². The summed E-state index contributed by atoms with van der Waals surface area (Å²) in [5.74, 6) is 0.297. The largest absolute Gasteiger partial charge is 0.347 e. The molecule has 162 valence electrons. The lowest BCUT2D eigenvalue weighted by Crippen LogP contribution is -2.41. The number of thiophene rings is 1. The Kier molecular flexibility index (Phi) is 6.15. The zero-order valence-corrected chi connectivity index (χ0v) is 20.0. The van der Waals surface area contributed by atoms with Crippen LogP contribution in [-0.4, -0.2) is 17.4 Å². The molecule has 0 radical (unpaired) electrons. The Morgan fingerprint density at radius 2 is 1.77 bits per heavy atom. The molecule has 0 bridgehead atoms. The molecule has 0 saturated heterocycles. The van der Waals surface area contributed by atoms with Gasteiger partial charge in [-0.05, 0) is 76.0 Å². The van der Waals surface area contributed by atoms with E-state index < -0.39 is 0 Å². The molecule has 1 aliphatic rings. The number of anilines is 1. The van der Waals surface area contributed by atoms with E-state index >= 15 is 0 Å². The smallest absolute Gasteiger partial charge is 0.256 e. The fourth-order valence-electron chi connectivity index (χ4n) is 4.02. The Bertz CT molecular complexity index is 961. The summed E-state index contributed by atoms with van der Waals surface area (Å²) >= 11 is 1.57. The van der Waals surface area contributed by atoms with Crippen molar-refractivity contribution in [2.24, 2.45) is 11.3 Å². The molecule has 4 nitrogen and oxygen atoms in total. The monoisotopic (exact) mass is 426 g/mol. The normalized spacial score (nSPS) is 16.7. The molecule has 1 aromatic heterocycles. The topological polar surface area (TPSA) is 58.2 Å². The van der Waals surface area contributed by atoms with E-state index in [0.29, 0.717) is 22.0 Å². The molecule has 2 N–H and O–H groups in total. The maximum absolute atomic E-state index is 13.2. The van der Waals surface area contributed by atoms with Gasteiger partial charge in [-0.3, -0.25) is 9.59 Å². The molecule has 0 aliphatic heterocycles. The van der Waals surface area contributed by atoms with Gasteiger partial charge in [0.25, 0.3) is 11.8 Å². The minimum absolute atomic E-state index is 0.103. The molecular weight excluding hydrogens is 392 g/mol. The Morgan fingerprint density at radius 1 is 1.07 bits per heavy atom. The number of amides is 2. The third-order valence-corrected chi connectivity index (χ3v) is 6.88. The number of carbonyl (C=O) groups excluding carboxylic acids is 2. The summed E-state index contributed by atoms with van der Waals surface area (Å²) < 4.78 is 0. The fourth-order valence-corrected chi connectivity index (χ4v) is 5.34. The fraction of sp³-hybridized carbons (Fsp3) is 0.520. The molecule has 2 aromatic rings. The first-order valence-corrected chi connectivity index (χ1v) is 11.5. The van der Waals surface area contributed by atoms with Crippen molar-refractivity contribution in [1.29, 1.82) is 0 Å². The van der Waals surface area contributed by atoms with Crippen LogP contribution in [0.15, 0.2) is 24.3 Å². The molecule has 2 amide bonds. The van der Waals surface area contributed by atoms with Gasteiger partial charge in [0.1, 0.15) is 5.00 Å².